The molecule has 6 heteroatoms. The second-order valence-corrected chi connectivity index (χ2v) is 8.72. The van der Waals surface area contributed by atoms with Crippen molar-refractivity contribution < 1.29 is 17.9 Å². The van der Waals surface area contributed by atoms with Gasteiger partial charge in [-0.05, 0) is 53.9 Å². The van der Waals surface area contributed by atoms with Gasteiger partial charge in [-0.1, -0.05) is 36.4 Å². The summed E-state index contributed by atoms with van der Waals surface area (Å²) < 4.78 is 39.3. The first-order valence-electron chi connectivity index (χ1n) is 11.0. The van der Waals surface area contributed by atoms with Crippen LogP contribution >= 0.6 is 0 Å². The van der Waals surface area contributed by atoms with Gasteiger partial charge in [-0.25, -0.2) is 13.6 Å². The van der Waals surface area contributed by atoms with Crippen molar-refractivity contribution in [3.8, 4) is 5.75 Å². The van der Waals surface area contributed by atoms with Gasteiger partial charge in [0.25, 0.3) is 0 Å². The van der Waals surface area contributed by atoms with Gasteiger partial charge in [0.2, 0.25) is 0 Å². The molecule has 1 aromatic heterocycles. The van der Waals surface area contributed by atoms with Crippen LogP contribution in [-0.2, 0) is 6.54 Å². The second-order valence-electron chi connectivity index (χ2n) is 8.72. The fourth-order valence-electron chi connectivity index (χ4n) is 5.29. The van der Waals surface area contributed by atoms with E-state index >= 15 is 0 Å². The van der Waals surface area contributed by atoms with E-state index in [9.17, 15) is 13.6 Å². The maximum absolute atomic E-state index is 13.7. The fourth-order valence-corrected chi connectivity index (χ4v) is 5.29. The summed E-state index contributed by atoms with van der Waals surface area (Å²) in [4.78, 5) is 15.4. The number of halogens is 2. The van der Waals surface area contributed by atoms with E-state index in [-0.39, 0.29) is 29.7 Å². The molecule has 0 unspecified atom stereocenters. The van der Waals surface area contributed by atoms with Gasteiger partial charge in [-0.3, -0.25) is 4.90 Å². The SMILES string of the molecule is O=c1oc2ccccc2c2c1[C@H](c1ccc(F)cc1)[C@H]1CCN(Cc3ccc(F)cc3)[C@H]1O2. The summed E-state index contributed by atoms with van der Waals surface area (Å²) in [5, 5.41) is 0.742. The molecule has 4 aromatic rings. The summed E-state index contributed by atoms with van der Waals surface area (Å²) in [6, 6.07) is 20.1. The Kier molecular flexibility index (Phi) is 4.76. The van der Waals surface area contributed by atoms with Crippen LogP contribution in [0.3, 0.4) is 0 Å². The number of hydrogen-bond acceptors (Lipinski definition) is 4. The van der Waals surface area contributed by atoms with E-state index in [1.165, 1.54) is 24.3 Å². The molecular weight excluding hydrogens is 424 g/mol. The quantitative estimate of drug-likeness (QED) is 0.394. The molecule has 6 rings (SSSR count). The highest BCUT2D eigenvalue weighted by molar-refractivity contribution is 5.85. The highest BCUT2D eigenvalue weighted by Gasteiger charge is 2.48. The van der Waals surface area contributed by atoms with Gasteiger partial charge >= 0.3 is 5.63 Å². The molecule has 0 amide bonds. The van der Waals surface area contributed by atoms with E-state index in [1.54, 1.807) is 30.3 Å². The summed E-state index contributed by atoms with van der Waals surface area (Å²) in [7, 11) is 0. The summed E-state index contributed by atoms with van der Waals surface area (Å²) in [6.45, 7) is 1.37. The molecule has 166 valence electrons. The molecule has 1 saturated heterocycles. The Balaban J connectivity index is 1.48. The number of para-hydroxylation sites is 1. The zero-order valence-corrected chi connectivity index (χ0v) is 17.7. The second kappa shape index (κ2) is 7.81. The van der Waals surface area contributed by atoms with E-state index in [2.05, 4.69) is 4.90 Å². The largest absolute Gasteiger partial charge is 0.473 e. The Labute approximate surface area is 189 Å². The molecule has 0 bridgehead atoms. The van der Waals surface area contributed by atoms with Crippen LogP contribution in [0, 0.1) is 17.6 Å². The van der Waals surface area contributed by atoms with Gasteiger partial charge in [0.1, 0.15) is 23.0 Å². The third-order valence-electron chi connectivity index (χ3n) is 6.78. The van der Waals surface area contributed by atoms with Gasteiger partial charge in [-0.2, -0.15) is 0 Å². The number of hydrogen-bond donors (Lipinski definition) is 0. The van der Waals surface area contributed by atoms with E-state index in [4.69, 9.17) is 9.15 Å². The number of benzene rings is 3. The number of nitrogens with zero attached hydrogens (tertiary/aromatic N) is 1. The minimum absolute atomic E-state index is 0.00697. The highest BCUT2D eigenvalue weighted by Crippen LogP contribution is 2.49. The van der Waals surface area contributed by atoms with Gasteiger partial charge in [0, 0.05) is 24.9 Å². The molecule has 0 aliphatic carbocycles. The average Bonchev–Trinajstić information content (AvgIpc) is 3.22. The predicted octanol–water partition coefficient (Wildman–Crippen LogP) is 5.44. The van der Waals surface area contributed by atoms with E-state index in [1.807, 2.05) is 18.2 Å². The van der Waals surface area contributed by atoms with Crippen molar-refractivity contribution in [2.24, 2.45) is 5.92 Å². The van der Waals surface area contributed by atoms with Crippen molar-refractivity contribution in [2.45, 2.75) is 25.1 Å². The fraction of sp³-hybridized carbons (Fsp3) is 0.222. The predicted molar refractivity (Wildman–Crippen MR) is 120 cm³/mol. The lowest BCUT2D eigenvalue weighted by atomic mass is 9.77. The van der Waals surface area contributed by atoms with E-state index < -0.39 is 5.63 Å². The Hall–Kier alpha value is -3.51. The average molecular weight is 445 g/mol. The minimum atomic E-state index is -0.423. The normalized spacial score (nSPS) is 22.1. The third kappa shape index (κ3) is 3.42. The van der Waals surface area contributed by atoms with Crippen LogP contribution in [0.2, 0.25) is 0 Å². The first kappa shape index (κ1) is 20.1. The molecule has 3 heterocycles. The molecule has 0 spiro atoms. The van der Waals surface area contributed by atoms with Crippen LogP contribution in [0.15, 0.2) is 82.0 Å². The van der Waals surface area contributed by atoms with E-state index in [0.717, 1.165) is 29.5 Å². The maximum Gasteiger partial charge on any atom is 0.343 e. The van der Waals surface area contributed by atoms with Gasteiger partial charge in [0.05, 0.1) is 10.9 Å². The summed E-state index contributed by atoms with van der Waals surface area (Å²) in [5.74, 6) is -0.345. The molecule has 4 nitrogen and oxygen atoms in total. The number of rotatable bonds is 3. The smallest absolute Gasteiger partial charge is 0.343 e. The van der Waals surface area contributed by atoms with Crippen molar-refractivity contribution in [1.82, 2.24) is 4.90 Å². The van der Waals surface area contributed by atoms with Crippen LogP contribution in [0.4, 0.5) is 8.78 Å². The highest BCUT2D eigenvalue weighted by atomic mass is 19.1. The first-order chi connectivity index (χ1) is 16.1. The lowest BCUT2D eigenvalue weighted by Gasteiger charge is -2.38. The van der Waals surface area contributed by atoms with E-state index in [0.29, 0.717) is 23.4 Å². The maximum atomic E-state index is 13.7. The van der Waals surface area contributed by atoms with Crippen molar-refractivity contribution in [2.75, 3.05) is 6.54 Å². The molecule has 2 aliphatic heterocycles. The van der Waals surface area contributed by atoms with Crippen molar-refractivity contribution >= 4 is 11.0 Å². The van der Waals surface area contributed by atoms with Crippen molar-refractivity contribution in [1.29, 1.82) is 0 Å². The molecule has 1 fully saturated rings. The van der Waals surface area contributed by atoms with Crippen LogP contribution in [0.5, 0.6) is 5.75 Å². The zero-order chi connectivity index (χ0) is 22.5. The lowest BCUT2D eigenvalue weighted by molar-refractivity contribution is 0.00802. The Morgan fingerprint density at radius 3 is 2.36 bits per heavy atom. The lowest BCUT2D eigenvalue weighted by Crippen LogP contribution is -2.43. The Morgan fingerprint density at radius 2 is 1.61 bits per heavy atom. The van der Waals surface area contributed by atoms with Crippen LogP contribution in [0.1, 0.15) is 29.0 Å². The topological polar surface area (TPSA) is 42.7 Å². The molecule has 3 atom stereocenters. The number of fused-ring (bicyclic) bond motifs is 4. The Bertz CT molecular complexity index is 1380. The molecule has 0 radical (unpaired) electrons. The molecule has 2 aliphatic rings. The van der Waals surface area contributed by atoms with Crippen LogP contribution < -0.4 is 10.4 Å². The summed E-state index contributed by atoms with van der Waals surface area (Å²) in [5.41, 5.74) is 2.39. The van der Waals surface area contributed by atoms with Crippen LogP contribution in [0.25, 0.3) is 11.0 Å². The minimum Gasteiger partial charge on any atom is -0.473 e. The van der Waals surface area contributed by atoms with Crippen LogP contribution in [-0.4, -0.2) is 17.7 Å². The molecule has 33 heavy (non-hydrogen) atoms. The monoisotopic (exact) mass is 445 g/mol. The molecule has 0 N–H and O–H groups in total. The first-order valence-corrected chi connectivity index (χ1v) is 11.0. The zero-order valence-electron chi connectivity index (χ0n) is 17.7. The van der Waals surface area contributed by atoms with Crippen molar-refractivity contribution in [3.63, 3.8) is 0 Å². The molecule has 3 aromatic carbocycles. The third-order valence-corrected chi connectivity index (χ3v) is 6.78. The summed E-state index contributed by atoms with van der Waals surface area (Å²) >= 11 is 0. The Morgan fingerprint density at radius 1 is 0.909 bits per heavy atom. The van der Waals surface area contributed by atoms with Gasteiger partial charge in [-0.15, -0.1) is 0 Å². The summed E-state index contributed by atoms with van der Waals surface area (Å²) in [6.07, 6.45) is 0.530. The van der Waals surface area contributed by atoms with Gasteiger partial charge < -0.3 is 9.15 Å². The van der Waals surface area contributed by atoms with Gasteiger partial charge in [0.15, 0.2) is 6.23 Å². The molecule has 0 saturated carbocycles. The molecular formula is C27H21F2NO3. The number of ether oxygens (including phenoxy) is 1. The standard InChI is InChI=1S/C27H21F2NO3/c28-18-9-5-16(6-10-18)15-30-14-13-21-23(17-7-11-19(29)12-8-17)24-25(33-26(21)30)20-3-1-2-4-22(20)32-27(24)31/h1-12,21,23,26H,13-15H2/t21-,23-,26+/m1/s1. The van der Waals surface area contributed by atoms with Crippen molar-refractivity contribution in [3.05, 3.63) is 112 Å². The number of likely N-dealkylation sites (tertiary alicyclic amines) is 1.